The van der Waals surface area contributed by atoms with E-state index in [0.29, 0.717) is 6.42 Å². The third-order valence-corrected chi connectivity index (χ3v) is 2.13. The number of methoxy groups -OCH3 is 2. The zero-order valence-corrected chi connectivity index (χ0v) is 9.06. The molecule has 82 valence electrons. The SMILES string of the molecule is C=CC(O)Cc1cc(OC)cc(OC)c1. The number of ether oxygens (including phenoxy) is 2. The van der Waals surface area contributed by atoms with Crippen LogP contribution in [0.15, 0.2) is 30.9 Å². The van der Waals surface area contributed by atoms with Gasteiger partial charge in [0.2, 0.25) is 0 Å². The van der Waals surface area contributed by atoms with E-state index < -0.39 is 6.10 Å². The Kier molecular flexibility index (Phi) is 4.18. The van der Waals surface area contributed by atoms with Crippen LogP contribution in [0.3, 0.4) is 0 Å². The molecule has 0 aliphatic heterocycles. The molecule has 1 rings (SSSR count). The van der Waals surface area contributed by atoms with Crippen LogP contribution in [0.2, 0.25) is 0 Å². The number of hydrogen-bond acceptors (Lipinski definition) is 3. The lowest BCUT2D eigenvalue weighted by Crippen LogP contribution is -2.06. The van der Waals surface area contributed by atoms with Crippen LogP contribution >= 0.6 is 0 Å². The molecule has 15 heavy (non-hydrogen) atoms. The van der Waals surface area contributed by atoms with Gasteiger partial charge in [-0.3, -0.25) is 0 Å². The minimum Gasteiger partial charge on any atom is -0.497 e. The van der Waals surface area contributed by atoms with Crippen molar-refractivity contribution in [3.63, 3.8) is 0 Å². The molecule has 0 aromatic heterocycles. The molecule has 0 heterocycles. The Morgan fingerprint density at radius 1 is 1.27 bits per heavy atom. The van der Waals surface area contributed by atoms with Crippen LogP contribution < -0.4 is 9.47 Å². The average Bonchev–Trinajstić information content (AvgIpc) is 2.28. The summed E-state index contributed by atoms with van der Waals surface area (Å²) in [5.41, 5.74) is 0.957. The van der Waals surface area contributed by atoms with Crippen molar-refractivity contribution in [2.75, 3.05) is 14.2 Å². The normalized spacial score (nSPS) is 11.9. The molecule has 3 heteroatoms. The fraction of sp³-hybridized carbons (Fsp3) is 0.333. The third-order valence-electron chi connectivity index (χ3n) is 2.13. The van der Waals surface area contributed by atoms with Crippen molar-refractivity contribution >= 4 is 0 Å². The molecule has 1 unspecified atom stereocenters. The minimum atomic E-state index is -0.540. The minimum absolute atomic E-state index is 0.511. The summed E-state index contributed by atoms with van der Waals surface area (Å²) in [5.74, 6) is 1.45. The molecule has 0 spiro atoms. The monoisotopic (exact) mass is 208 g/mol. The van der Waals surface area contributed by atoms with E-state index in [1.807, 2.05) is 12.1 Å². The molecular formula is C12H16O3. The van der Waals surface area contributed by atoms with E-state index >= 15 is 0 Å². The maximum atomic E-state index is 9.44. The fourth-order valence-corrected chi connectivity index (χ4v) is 1.31. The van der Waals surface area contributed by atoms with Gasteiger partial charge in [0.05, 0.1) is 20.3 Å². The Morgan fingerprint density at radius 2 is 1.80 bits per heavy atom. The van der Waals surface area contributed by atoms with Crippen molar-refractivity contribution in [2.24, 2.45) is 0 Å². The number of aliphatic hydroxyl groups excluding tert-OH is 1. The van der Waals surface area contributed by atoms with Gasteiger partial charge < -0.3 is 14.6 Å². The molecule has 0 radical (unpaired) electrons. The molecular weight excluding hydrogens is 192 g/mol. The van der Waals surface area contributed by atoms with Gasteiger partial charge in [-0.2, -0.15) is 0 Å². The maximum Gasteiger partial charge on any atom is 0.122 e. The highest BCUT2D eigenvalue weighted by Gasteiger charge is 2.05. The van der Waals surface area contributed by atoms with E-state index in [2.05, 4.69) is 6.58 Å². The van der Waals surface area contributed by atoms with Crippen molar-refractivity contribution in [2.45, 2.75) is 12.5 Å². The molecule has 0 saturated heterocycles. The van der Waals surface area contributed by atoms with Gasteiger partial charge in [-0.15, -0.1) is 6.58 Å². The van der Waals surface area contributed by atoms with E-state index in [-0.39, 0.29) is 0 Å². The summed E-state index contributed by atoms with van der Waals surface area (Å²) in [4.78, 5) is 0. The van der Waals surface area contributed by atoms with Gasteiger partial charge in [0.15, 0.2) is 0 Å². The summed E-state index contributed by atoms with van der Waals surface area (Å²) in [6.07, 6.45) is 1.48. The number of aliphatic hydroxyl groups is 1. The van der Waals surface area contributed by atoms with Gasteiger partial charge in [0.25, 0.3) is 0 Å². The van der Waals surface area contributed by atoms with Crippen LogP contribution in [0.5, 0.6) is 11.5 Å². The predicted octanol–water partition coefficient (Wildman–Crippen LogP) is 1.79. The lowest BCUT2D eigenvalue weighted by Gasteiger charge is -2.09. The largest absolute Gasteiger partial charge is 0.497 e. The highest BCUT2D eigenvalue weighted by molar-refractivity contribution is 5.38. The molecule has 1 atom stereocenters. The first-order valence-corrected chi connectivity index (χ1v) is 4.72. The number of hydrogen-bond donors (Lipinski definition) is 1. The second-order valence-electron chi connectivity index (χ2n) is 3.23. The zero-order valence-electron chi connectivity index (χ0n) is 9.06. The molecule has 3 nitrogen and oxygen atoms in total. The van der Waals surface area contributed by atoms with Crippen LogP contribution in [0.25, 0.3) is 0 Å². The second-order valence-corrected chi connectivity index (χ2v) is 3.23. The smallest absolute Gasteiger partial charge is 0.122 e. The van der Waals surface area contributed by atoms with E-state index in [9.17, 15) is 5.11 Å². The first kappa shape index (κ1) is 11.6. The first-order valence-electron chi connectivity index (χ1n) is 4.72. The summed E-state index contributed by atoms with van der Waals surface area (Å²) in [6.45, 7) is 3.53. The summed E-state index contributed by atoms with van der Waals surface area (Å²) in [7, 11) is 3.20. The molecule has 1 aromatic carbocycles. The Labute approximate surface area is 90.0 Å². The van der Waals surface area contributed by atoms with Gasteiger partial charge in [-0.1, -0.05) is 6.08 Å². The molecule has 0 saturated carbocycles. The molecule has 1 aromatic rings. The van der Waals surface area contributed by atoms with Crippen LogP contribution in [0, 0.1) is 0 Å². The van der Waals surface area contributed by atoms with Crippen LogP contribution in [0.1, 0.15) is 5.56 Å². The van der Waals surface area contributed by atoms with Crippen LogP contribution in [-0.4, -0.2) is 25.4 Å². The van der Waals surface area contributed by atoms with Crippen LogP contribution in [0.4, 0.5) is 0 Å². The lowest BCUT2D eigenvalue weighted by atomic mass is 10.1. The Balaban J connectivity index is 2.91. The standard InChI is InChI=1S/C12H16O3/c1-4-10(13)5-9-6-11(14-2)8-12(7-9)15-3/h4,6-8,10,13H,1,5H2,2-3H3. The summed E-state index contributed by atoms with van der Waals surface area (Å²) in [5, 5.41) is 9.44. The van der Waals surface area contributed by atoms with E-state index in [0.717, 1.165) is 17.1 Å². The van der Waals surface area contributed by atoms with E-state index in [4.69, 9.17) is 9.47 Å². The summed E-state index contributed by atoms with van der Waals surface area (Å²) >= 11 is 0. The van der Waals surface area contributed by atoms with Crippen molar-refractivity contribution in [1.82, 2.24) is 0 Å². The highest BCUT2D eigenvalue weighted by Crippen LogP contribution is 2.23. The molecule has 0 aliphatic rings. The Bertz CT molecular complexity index is 311. The second kappa shape index (κ2) is 5.41. The van der Waals surface area contributed by atoms with Crippen LogP contribution in [-0.2, 0) is 6.42 Å². The third kappa shape index (κ3) is 3.29. The van der Waals surface area contributed by atoms with Crippen molar-refractivity contribution < 1.29 is 14.6 Å². The van der Waals surface area contributed by atoms with Crippen molar-refractivity contribution in [1.29, 1.82) is 0 Å². The summed E-state index contributed by atoms with van der Waals surface area (Å²) in [6, 6.07) is 5.54. The maximum absolute atomic E-state index is 9.44. The van der Waals surface area contributed by atoms with Crippen molar-refractivity contribution in [3.05, 3.63) is 36.4 Å². The zero-order chi connectivity index (χ0) is 11.3. The van der Waals surface area contributed by atoms with Crippen molar-refractivity contribution in [3.8, 4) is 11.5 Å². The number of rotatable bonds is 5. The highest BCUT2D eigenvalue weighted by atomic mass is 16.5. The molecule has 0 bridgehead atoms. The predicted molar refractivity (Wildman–Crippen MR) is 59.5 cm³/mol. The van der Waals surface area contributed by atoms with Gasteiger partial charge in [0, 0.05) is 12.5 Å². The number of benzene rings is 1. The average molecular weight is 208 g/mol. The quantitative estimate of drug-likeness (QED) is 0.750. The lowest BCUT2D eigenvalue weighted by molar-refractivity contribution is 0.224. The van der Waals surface area contributed by atoms with E-state index in [1.165, 1.54) is 6.08 Å². The van der Waals surface area contributed by atoms with Gasteiger partial charge >= 0.3 is 0 Å². The molecule has 0 amide bonds. The van der Waals surface area contributed by atoms with E-state index in [1.54, 1.807) is 20.3 Å². The fourth-order valence-electron chi connectivity index (χ4n) is 1.31. The van der Waals surface area contributed by atoms with Gasteiger partial charge in [-0.25, -0.2) is 0 Å². The summed E-state index contributed by atoms with van der Waals surface area (Å²) < 4.78 is 10.3. The molecule has 0 fully saturated rings. The topological polar surface area (TPSA) is 38.7 Å². The Morgan fingerprint density at radius 3 is 2.20 bits per heavy atom. The molecule has 0 aliphatic carbocycles. The first-order chi connectivity index (χ1) is 7.19. The molecule has 1 N–H and O–H groups in total. The Hall–Kier alpha value is -1.48. The van der Waals surface area contributed by atoms with Gasteiger partial charge in [-0.05, 0) is 17.7 Å². The van der Waals surface area contributed by atoms with Gasteiger partial charge in [0.1, 0.15) is 11.5 Å².